The molecule has 3 atom stereocenters. The van der Waals surface area contributed by atoms with E-state index in [2.05, 4.69) is 12.1 Å². The number of hydrogen-bond donors (Lipinski definition) is 2. The molecule has 0 radical (unpaired) electrons. The Kier molecular flexibility index (Phi) is 5.63. The van der Waals surface area contributed by atoms with Crippen LogP contribution in [0.1, 0.15) is 65.6 Å². The van der Waals surface area contributed by atoms with Crippen molar-refractivity contribution in [1.29, 1.82) is 0 Å². The lowest BCUT2D eigenvalue weighted by Gasteiger charge is -2.53. The molecular weight excluding hydrogens is 405 g/mol. The van der Waals surface area contributed by atoms with E-state index in [-0.39, 0.29) is 23.3 Å². The molecule has 0 aromatic heterocycles. The number of aliphatic hydroxyl groups is 1. The van der Waals surface area contributed by atoms with E-state index >= 15 is 0 Å². The molecule has 166 valence electrons. The quantitative estimate of drug-likeness (QED) is 0.639. The number of carboxylic acids is 1. The van der Waals surface area contributed by atoms with Gasteiger partial charge in [-0.05, 0) is 79.7 Å². The maximum atomic E-state index is 12.8. The van der Waals surface area contributed by atoms with Crippen LogP contribution in [0.2, 0.25) is 0 Å². The number of aromatic carboxylic acids is 1. The van der Waals surface area contributed by atoms with Crippen LogP contribution in [0.3, 0.4) is 0 Å². The summed E-state index contributed by atoms with van der Waals surface area (Å²) >= 11 is 0. The third-order valence-corrected chi connectivity index (χ3v) is 7.33. The first kappa shape index (κ1) is 21.9. The molecule has 3 nitrogen and oxygen atoms in total. The summed E-state index contributed by atoms with van der Waals surface area (Å²) in [7, 11) is 0. The van der Waals surface area contributed by atoms with Crippen molar-refractivity contribution in [3.05, 3.63) is 70.8 Å². The number of hydrogen-bond acceptors (Lipinski definition) is 2. The van der Waals surface area contributed by atoms with E-state index in [9.17, 15) is 28.2 Å². The molecule has 6 heteroatoms. The second kappa shape index (κ2) is 7.97. The van der Waals surface area contributed by atoms with Gasteiger partial charge < -0.3 is 10.2 Å². The first-order valence-electron chi connectivity index (χ1n) is 10.8. The number of carboxylic acid groups (broad SMARTS) is 1. The Hall–Kier alpha value is -2.34. The third-order valence-electron chi connectivity index (χ3n) is 7.33. The maximum absolute atomic E-state index is 12.8. The molecule has 4 rings (SSSR count). The minimum absolute atomic E-state index is 0.0443. The van der Waals surface area contributed by atoms with Gasteiger partial charge in [0.05, 0.1) is 11.2 Å². The lowest BCUT2D eigenvalue weighted by atomic mass is 9.52. The van der Waals surface area contributed by atoms with E-state index in [1.165, 1.54) is 0 Å². The molecule has 2 aromatic carbocycles. The van der Waals surface area contributed by atoms with Crippen LogP contribution >= 0.6 is 0 Å². The van der Waals surface area contributed by atoms with E-state index in [0.717, 1.165) is 29.5 Å². The zero-order valence-electron chi connectivity index (χ0n) is 17.3. The number of benzene rings is 2. The first-order valence-corrected chi connectivity index (χ1v) is 10.8. The van der Waals surface area contributed by atoms with Gasteiger partial charge in [-0.1, -0.05) is 36.4 Å². The molecule has 0 saturated heterocycles. The van der Waals surface area contributed by atoms with Crippen LogP contribution in [-0.4, -0.2) is 28.0 Å². The zero-order chi connectivity index (χ0) is 22.3. The molecule has 0 spiro atoms. The molecular formula is C25H27F3O3. The number of aryl methyl sites for hydroxylation is 1. The Labute approximate surface area is 179 Å². The summed E-state index contributed by atoms with van der Waals surface area (Å²) < 4.78 is 38.5. The minimum atomic E-state index is -4.28. The van der Waals surface area contributed by atoms with Crippen molar-refractivity contribution in [2.75, 3.05) is 0 Å². The van der Waals surface area contributed by atoms with Crippen LogP contribution in [0.15, 0.2) is 48.5 Å². The highest BCUT2D eigenvalue weighted by atomic mass is 19.4. The van der Waals surface area contributed by atoms with Gasteiger partial charge >= 0.3 is 12.1 Å². The summed E-state index contributed by atoms with van der Waals surface area (Å²) in [5, 5.41) is 20.4. The number of rotatable bonds is 5. The Morgan fingerprint density at radius 1 is 1.10 bits per heavy atom. The van der Waals surface area contributed by atoms with Crippen LogP contribution in [0.4, 0.5) is 13.2 Å². The van der Waals surface area contributed by atoms with Crippen molar-refractivity contribution < 1.29 is 28.2 Å². The number of carbonyl (C=O) groups is 1. The summed E-state index contributed by atoms with van der Waals surface area (Å²) in [5.74, 6) is -0.921. The van der Waals surface area contributed by atoms with Crippen molar-refractivity contribution in [3.8, 4) is 0 Å². The molecule has 0 heterocycles. The summed E-state index contributed by atoms with van der Waals surface area (Å²) in [6.45, 7) is 0. The Balaban J connectivity index is 1.70. The van der Waals surface area contributed by atoms with Gasteiger partial charge in [-0.15, -0.1) is 0 Å². The summed E-state index contributed by atoms with van der Waals surface area (Å²) in [4.78, 5) is 11.5. The predicted molar refractivity (Wildman–Crippen MR) is 111 cm³/mol. The Morgan fingerprint density at radius 2 is 1.84 bits per heavy atom. The van der Waals surface area contributed by atoms with E-state index in [0.29, 0.717) is 25.7 Å². The van der Waals surface area contributed by atoms with Gasteiger partial charge in [0.25, 0.3) is 0 Å². The van der Waals surface area contributed by atoms with Gasteiger partial charge in [0.2, 0.25) is 0 Å². The molecule has 1 fully saturated rings. The normalized spacial score (nSPS) is 27.9. The molecule has 0 unspecified atom stereocenters. The van der Waals surface area contributed by atoms with Crippen molar-refractivity contribution in [3.63, 3.8) is 0 Å². The van der Waals surface area contributed by atoms with Crippen LogP contribution in [0.5, 0.6) is 0 Å². The molecule has 0 aliphatic heterocycles. The van der Waals surface area contributed by atoms with Crippen LogP contribution in [0.25, 0.3) is 0 Å². The fraction of sp³-hybridized carbons (Fsp3) is 0.480. The smallest absolute Gasteiger partial charge is 0.389 e. The van der Waals surface area contributed by atoms with Gasteiger partial charge in [0.1, 0.15) is 0 Å². The van der Waals surface area contributed by atoms with E-state index in [1.807, 2.05) is 24.3 Å². The first-order chi connectivity index (χ1) is 14.6. The van der Waals surface area contributed by atoms with Gasteiger partial charge in [0.15, 0.2) is 0 Å². The van der Waals surface area contributed by atoms with Gasteiger partial charge in [0, 0.05) is 11.8 Å². The molecule has 1 saturated carbocycles. The number of halogens is 3. The van der Waals surface area contributed by atoms with E-state index in [4.69, 9.17) is 0 Å². The highest BCUT2D eigenvalue weighted by molar-refractivity contribution is 5.88. The van der Waals surface area contributed by atoms with Crippen molar-refractivity contribution in [2.24, 2.45) is 5.92 Å². The molecule has 2 aromatic rings. The monoisotopic (exact) mass is 432 g/mol. The highest BCUT2D eigenvalue weighted by Gasteiger charge is 2.52. The van der Waals surface area contributed by atoms with Gasteiger partial charge in [-0.2, -0.15) is 13.2 Å². The standard InChI is InChI=1S/C25H27F3O3/c26-25(27,28)13-11-23(31)10-12-24(15-17-4-2-1-3-5-17)20(16-23)8-6-18-14-19(22(29)30)7-9-21(18)24/h1-5,7,9,14,20,31H,6,8,10-13,15-16H2,(H,29,30)/t20-,23+,24+/m1/s1. The fourth-order valence-corrected chi connectivity index (χ4v) is 5.79. The second-order valence-corrected chi connectivity index (χ2v) is 9.27. The summed E-state index contributed by atoms with van der Waals surface area (Å²) in [6, 6.07) is 15.3. The Bertz CT molecular complexity index is 956. The van der Waals surface area contributed by atoms with Crippen molar-refractivity contribution in [2.45, 2.75) is 68.6 Å². The predicted octanol–water partition coefficient (Wildman–Crippen LogP) is 5.69. The largest absolute Gasteiger partial charge is 0.478 e. The van der Waals surface area contributed by atoms with Gasteiger partial charge in [-0.25, -0.2) is 4.79 Å². The maximum Gasteiger partial charge on any atom is 0.389 e. The SMILES string of the molecule is O=C(O)c1ccc2c(c1)CC[C@@H]1C[C@@](O)(CCC(F)(F)F)CC[C@@]21Cc1ccccc1. The van der Waals surface area contributed by atoms with Gasteiger partial charge in [-0.3, -0.25) is 0 Å². The zero-order valence-corrected chi connectivity index (χ0v) is 17.3. The molecule has 2 aliphatic carbocycles. The molecule has 31 heavy (non-hydrogen) atoms. The Morgan fingerprint density at radius 3 is 2.52 bits per heavy atom. The topological polar surface area (TPSA) is 57.5 Å². The van der Waals surface area contributed by atoms with Crippen LogP contribution in [-0.2, 0) is 18.3 Å². The van der Waals surface area contributed by atoms with E-state index in [1.54, 1.807) is 12.1 Å². The molecule has 0 bridgehead atoms. The third kappa shape index (κ3) is 4.49. The van der Waals surface area contributed by atoms with Crippen LogP contribution < -0.4 is 0 Å². The second-order valence-electron chi connectivity index (χ2n) is 9.27. The van der Waals surface area contributed by atoms with Crippen molar-refractivity contribution >= 4 is 5.97 Å². The fourth-order valence-electron chi connectivity index (χ4n) is 5.79. The summed E-state index contributed by atoms with van der Waals surface area (Å²) in [5.41, 5.74) is 1.88. The average molecular weight is 432 g/mol. The van der Waals surface area contributed by atoms with E-state index < -0.39 is 24.2 Å². The lowest BCUT2D eigenvalue weighted by Crippen LogP contribution is -2.51. The lowest BCUT2D eigenvalue weighted by molar-refractivity contribution is -0.153. The molecule has 2 aliphatic rings. The minimum Gasteiger partial charge on any atom is -0.478 e. The average Bonchev–Trinajstić information content (AvgIpc) is 2.73. The molecule has 0 amide bonds. The molecule has 2 N–H and O–H groups in total. The highest BCUT2D eigenvalue weighted by Crippen LogP contribution is 2.55. The number of alkyl halides is 3. The summed E-state index contributed by atoms with van der Waals surface area (Å²) in [6.07, 6.45) is -2.14. The van der Waals surface area contributed by atoms with Crippen LogP contribution in [0, 0.1) is 5.92 Å². The van der Waals surface area contributed by atoms with Crippen molar-refractivity contribution in [1.82, 2.24) is 0 Å². The number of fused-ring (bicyclic) bond motifs is 3.